The quantitative estimate of drug-likeness (QED) is 0.463. The van der Waals surface area contributed by atoms with Crippen molar-refractivity contribution in [3.8, 4) is 0 Å². The Kier molecular flexibility index (Phi) is 8.24. The molecule has 0 bridgehead atoms. The lowest BCUT2D eigenvalue weighted by Crippen LogP contribution is -1.90. The summed E-state index contributed by atoms with van der Waals surface area (Å²) in [7, 11) is -1.45. The van der Waals surface area contributed by atoms with Gasteiger partial charge in [-0.25, -0.2) is 0 Å². The lowest BCUT2D eigenvalue weighted by atomic mass is 10.7. The van der Waals surface area contributed by atoms with Crippen molar-refractivity contribution in [1.29, 1.82) is 0 Å². The highest BCUT2D eigenvalue weighted by Gasteiger charge is 2.08. The van der Waals surface area contributed by atoms with E-state index in [2.05, 4.69) is 17.2 Å². The summed E-state index contributed by atoms with van der Waals surface area (Å²) in [6, 6.07) is 0. The van der Waals surface area contributed by atoms with Crippen molar-refractivity contribution < 1.29 is 13.1 Å². The van der Waals surface area contributed by atoms with Crippen molar-refractivity contribution in [1.82, 2.24) is 0 Å². The van der Waals surface area contributed by atoms with Crippen LogP contribution in [-0.2, 0) is 13.1 Å². The lowest BCUT2D eigenvalue weighted by Gasteiger charge is -2.09. The van der Waals surface area contributed by atoms with Crippen LogP contribution < -0.4 is 0 Å². The molecule has 0 aromatic rings. The first-order valence-corrected chi connectivity index (χ1v) is 4.32. The minimum atomic E-state index is -1.45. The monoisotopic (exact) mass is 196 g/mol. The van der Waals surface area contributed by atoms with E-state index in [1.807, 2.05) is 0 Å². The Morgan fingerprint density at radius 3 is 1.91 bits per heavy atom. The molecule has 0 amide bonds. The van der Waals surface area contributed by atoms with E-state index in [9.17, 15) is 0 Å². The molecule has 5 heteroatoms. The molecule has 0 aliphatic carbocycles. The fraction of sp³-hybridized carbons (Fsp3) is 0.333. The molecule has 0 atom stereocenters. The standard InChI is InChI=1S/C6H10ClO3P/c1-3-5-8-11(10-7)9-6-4-2/h3-4H,1-2,5-6H2. The van der Waals surface area contributed by atoms with Gasteiger partial charge in [-0.2, -0.15) is 4.08 Å². The Balaban J connectivity index is 3.39. The van der Waals surface area contributed by atoms with Gasteiger partial charge in [0.1, 0.15) is 0 Å². The SMILES string of the molecule is C=CCOP(OCl)OCC=C. The summed E-state index contributed by atoms with van der Waals surface area (Å²) in [5.74, 6) is 0. The van der Waals surface area contributed by atoms with Gasteiger partial charge >= 0.3 is 8.60 Å². The highest BCUT2D eigenvalue weighted by molar-refractivity contribution is 7.42. The normalized spacial score (nSPS) is 10.0. The summed E-state index contributed by atoms with van der Waals surface area (Å²) in [5, 5.41) is 0. The predicted molar refractivity (Wildman–Crippen MR) is 46.2 cm³/mol. The Bertz CT molecular complexity index is 108. The van der Waals surface area contributed by atoms with E-state index in [1.54, 1.807) is 12.2 Å². The molecule has 3 nitrogen and oxygen atoms in total. The maximum Gasteiger partial charge on any atom is 0.351 e. The zero-order chi connectivity index (χ0) is 8.53. The molecule has 0 heterocycles. The molecule has 0 N–H and O–H groups in total. The molecule has 0 aliphatic rings. The van der Waals surface area contributed by atoms with E-state index in [0.717, 1.165) is 0 Å². The van der Waals surface area contributed by atoms with Gasteiger partial charge in [0.2, 0.25) is 0 Å². The predicted octanol–water partition coefficient (Wildman–Crippen LogP) is 2.79. The number of hydrogen-bond acceptors (Lipinski definition) is 3. The van der Waals surface area contributed by atoms with E-state index in [0.29, 0.717) is 13.2 Å². The molecule has 0 radical (unpaired) electrons. The largest absolute Gasteiger partial charge is 0.351 e. The van der Waals surface area contributed by atoms with E-state index in [-0.39, 0.29) is 0 Å². The van der Waals surface area contributed by atoms with Crippen LogP contribution in [0.3, 0.4) is 0 Å². The molecular formula is C6H10ClO3P. The third-order valence-electron chi connectivity index (χ3n) is 0.652. The summed E-state index contributed by atoms with van der Waals surface area (Å²) >= 11 is 5.05. The molecule has 0 aromatic carbocycles. The highest BCUT2D eigenvalue weighted by Crippen LogP contribution is 2.40. The van der Waals surface area contributed by atoms with Gasteiger partial charge in [-0.1, -0.05) is 12.2 Å². The maximum atomic E-state index is 5.05. The van der Waals surface area contributed by atoms with Crippen molar-refractivity contribution >= 4 is 20.5 Å². The third kappa shape index (κ3) is 6.48. The van der Waals surface area contributed by atoms with Gasteiger partial charge in [-0.3, -0.25) is 0 Å². The second kappa shape index (κ2) is 8.18. The molecule has 0 fully saturated rings. The first-order valence-electron chi connectivity index (χ1n) is 2.91. The minimum absolute atomic E-state index is 0.357. The van der Waals surface area contributed by atoms with Crippen LogP contribution in [0.15, 0.2) is 25.3 Å². The zero-order valence-electron chi connectivity index (χ0n) is 6.03. The fourth-order valence-corrected chi connectivity index (χ4v) is 1.15. The average Bonchev–Trinajstić information content (AvgIpc) is 2.05. The van der Waals surface area contributed by atoms with Crippen LogP contribution in [0.1, 0.15) is 0 Å². The Morgan fingerprint density at radius 2 is 1.64 bits per heavy atom. The van der Waals surface area contributed by atoms with Crippen molar-refractivity contribution in [3.05, 3.63) is 25.3 Å². The zero-order valence-corrected chi connectivity index (χ0v) is 7.68. The van der Waals surface area contributed by atoms with E-state index < -0.39 is 8.60 Å². The molecular weight excluding hydrogens is 186 g/mol. The summed E-state index contributed by atoms with van der Waals surface area (Å²) in [6.45, 7) is 7.63. The van der Waals surface area contributed by atoms with E-state index in [4.69, 9.17) is 20.9 Å². The molecule has 0 unspecified atom stereocenters. The van der Waals surface area contributed by atoms with Crippen molar-refractivity contribution in [3.63, 3.8) is 0 Å². The van der Waals surface area contributed by atoms with Crippen molar-refractivity contribution in [2.24, 2.45) is 0 Å². The first-order chi connectivity index (χ1) is 5.35. The second-order valence-corrected chi connectivity index (χ2v) is 2.98. The van der Waals surface area contributed by atoms with Gasteiger partial charge in [0.05, 0.1) is 25.1 Å². The maximum absolute atomic E-state index is 5.05. The lowest BCUT2D eigenvalue weighted by molar-refractivity contribution is 0.243. The molecule has 0 rings (SSSR count). The fourth-order valence-electron chi connectivity index (χ4n) is 0.304. The van der Waals surface area contributed by atoms with Crippen LogP contribution >= 0.6 is 20.5 Å². The average molecular weight is 197 g/mol. The molecule has 0 saturated carbocycles. The smallest absolute Gasteiger partial charge is 0.307 e. The van der Waals surface area contributed by atoms with E-state index in [1.165, 1.54) is 0 Å². The van der Waals surface area contributed by atoms with Gasteiger partial charge < -0.3 is 9.05 Å². The summed E-state index contributed by atoms with van der Waals surface area (Å²) < 4.78 is 14.3. The van der Waals surface area contributed by atoms with Gasteiger partial charge in [0, 0.05) is 0 Å². The second-order valence-electron chi connectivity index (χ2n) is 1.46. The minimum Gasteiger partial charge on any atom is -0.307 e. The van der Waals surface area contributed by atoms with Crippen molar-refractivity contribution in [2.75, 3.05) is 13.2 Å². The van der Waals surface area contributed by atoms with Crippen LogP contribution in [0.25, 0.3) is 0 Å². The summed E-state index contributed by atoms with van der Waals surface area (Å²) in [5.41, 5.74) is 0. The topological polar surface area (TPSA) is 27.7 Å². The third-order valence-corrected chi connectivity index (χ3v) is 1.82. The molecule has 0 saturated heterocycles. The molecule has 0 aliphatic heterocycles. The molecule has 11 heavy (non-hydrogen) atoms. The summed E-state index contributed by atoms with van der Waals surface area (Å²) in [4.78, 5) is 0. The number of halogens is 1. The van der Waals surface area contributed by atoms with Gasteiger partial charge in [0.25, 0.3) is 0 Å². The van der Waals surface area contributed by atoms with Gasteiger partial charge in [-0.15, -0.1) is 13.2 Å². The van der Waals surface area contributed by atoms with Crippen LogP contribution in [0, 0.1) is 0 Å². The molecule has 0 spiro atoms. The Morgan fingerprint density at radius 1 is 1.18 bits per heavy atom. The molecule has 64 valence electrons. The van der Waals surface area contributed by atoms with Crippen LogP contribution in [0.4, 0.5) is 0 Å². The summed E-state index contributed by atoms with van der Waals surface area (Å²) in [6.07, 6.45) is 3.17. The van der Waals surface area contributed by atoms with Crippen LogP contribution in [0.2, 0.25) is 0 Å². The molecule has 0 aromatic heterocycles. The Hall–Kier alpha value is 0.0800. The number of rotatable bonds is 7. The van der Waals surface area contributed by atoms with E-state index >= 15 is 0 Å². The van der Waals surface area contributed by atoms with Gasteiger partial charge in [0.15, 0.2) is 0 Å². The Labute approximate surface area is 72.8 Å². The van der Waals surface area contributed by atoms with Crippen LogP contribution in [-0.4, -0.2) is 13.2 Å². The number of hydrogen-bond donors (Lipinski definition) is 0. The van der Waals surface area contributed by atoms with Crippen LogP contribution in [0.5, 0.6) is 0 Å². The highest BCUT2D eigenvalue weighted by atomic mass is 35.5. The van der Waals surface area contributed by atoms with Crippen molar-refractivity contribution in [2.45, 2.75) is 0 Å². The van der Waals surface area contributed by atoms with Gasteiger partial charge in [-0.05, 0) is 0 Å². The first kappa shape index (κ1) is 11.1.